The van der Waals surface area contributed by atoms with Gasteiger partial charge in [-0.2, -0.15) is 17.0 Å². The molecule has 1 aliphatic heterocycles. The van der Waals surface area contributed by atoms with Crippen LogP contribution in [0.2, 0.25) is 5.02 Å². The van der Waals surface area contributed by atoms with Crippen LogP contribution in [-0.2, 0) is 0 Å². The molecule has 1 N–H and O–H groups in total. The third-order valence-corrected chi connectivity index (χ3v) is 4.86. The molecule has 1 aromatic heterocycles. The Morgan fingerprint density at radius 1 is 1.71 bits per heavy atom. The summed E-state index contributed by atoms with van der Waals surface area (Å²) in [5.74, 6) is 1.83. The highest BCUT2D eigenvalue weighted by molar-refractivity contribution is 8.00. The van der Waals surface area contributed by atoms with Gasteiger partial charge < -0.3 is 5.32 Å². The van der Waals surface area contributed by atoms with Crippen LogP contribution in [0.4, 0.5) is 5.82 Å². The second-order valence-corrected chi connectivity index (χ2v) is 6.45. The Labute approximate surface area is 111 Å². The summed E-state index contributed by atoms with van der Waals surface area (Å²) in [5.41, 5.74) is 0.466. The Bertz CT molecular complexity index is 450. The standard InChI is InChI=1S/C12H14ClN3S/c1-12(4-2-6-17-12)8-16-11-10(13)9(7-14)3-5-15-11/h3,5H,2,4,6,8H2,1H3,(H,15,16). The lowest BCUT2D eigenvalue weighted by atomic mass is 10.1. The molecule has 0 aliphatic carbocycles. The molecular weight excluding hydrogens is 254 g/mol. The van der Waals surface area contributed by atoms with Crippen LogP contribution < -0.4 is 5.32 Å². The number of nitrogens with one attached hydrogen (secondary N) is 1. The van der Waals surface area contributed by atoms with E-state index < -0.39 is 0 Å². The van der Waals surface area contributed by atoms with E-state index in [9.17, 15) is 0 Å². The molecular formula is C12H14ClN3S. The van der Waals surface area contributed by atoms with Crippen molar-refractivity contribution in [3.8, 4) is 6.07 Å². The summed E-state index contributed by atoms with van der Waals surface area (Å²) in [6, 6.07) is 3.68. The molecule has 1 unspecified atom stereocenters. The van der Waals surface area contributed by atoms with E-state index in [1.54, 1.807) is 12.3 Å². The van der Waals surface area contributed by atoms with Gasteiger partial charge in [-0.25, -0.2) is 4.98 Å². The third-order valence-electron chi connectivity index (χ3n) is 2.94. The largest absolute Gasteiger partial charge is 0.367 e. The first-order valence-corrected chi connectivity index (χ1v) is 6.93. The number of aromatic nitrogens is 1. The number of nitriles is 1. The van der Waals surface area contributed by atoms with Gasteiger partial charge in [-0.05, 0) is 31.6 Å². The molecule has 0 bridgehead atoms. The van der Waals surface area contributed by atoms with Crippen molar-refractivity contribution < 1.29 is 0 Å². The van der Waals surface area contributed by atoms with Gasteiger partial charge in [0.05, 0.1) is 5.56 Å². The van der Waals surface area contributed by atoms with E-state index >= 15 is 0 Å². The molecule has 0 saturated carbocycles. The average molecular weight is 268 g/mol. The minimum atomic E-state index is 0.258. The molecule has 1 atom stereocenters. The summed E-state index contributed by atoms with van der Waals surface area (Å²) in [5, 5.41) is 12.6. The summed E-state index contributed by atoms with van der Waals surface area (Å²) in [4.78, 5) is 4.18. The van der Waals surface area contributed by atoms with E-state index in [2.05, 4.69) is 23.3 Å². The molecule has 0 spiro atoms. The Balaban J connectivity index is 2.07. The fourth-order valence-electron chi connectivity index (χ4n) is 1.90. The van der Waals surface area contributed by atoms with Gasteiger partial charge in [-0.3, -0.25) is 0 Å². The third kappa shape index (κ3) is 2.85. The van der Waals surface area contributed by atoms with Crippen LogP contribution in [-0.4, -0.2) is 22.0 Å². The zero-order valence-electron chi connectivity index (χ0n) is 9.66. The van der Waals surface area contributed by atoms with Crippen LogP contribution >= 0.6 is 23.4 Å². The highest BCUT2D eigenvalue weighted by Gasteiger charge is 2.29. The van der Waals surface area contributed by atoms with Crippen LogP contribution in [0, 0.1) is 11.3 Å². The van der Waals surface area contributed by atoms with Crippen LogP contribution in [0.5, 0.6) is 0 Å². The van der Waals surface area contributed by atoms with Gasteiger partial charge in [0.25, 0.3) is 0 Å². The van der Waals surface area contributed by atoms with Crippen LogP contribution in [0.25, 0.3) is 0 Å². The lowest BCUT2D eigenvalue weighted by molar-refractivity contribution is 0.634. The molecule has 0 amide bonds. The fourth-order valence-corrected chi connectivity index (χ4v) is 3.37. The van der Waals surface area contributed by atoms with Crippen molar-refractivity contribution in [3.63, 3.8) is 0 Å². The first-order valence-electron chi connectivity index (χ1n) is 5.57. The maximum Gasteiger partial charge on any atom is 0.146 e. The SMILES string of the molecule is CC1(CNc2nccc(C#N)c2Cl)CCCS1. The Morgan fingerprint density at radius 2 is 2.53 bits per heavy atom. The minimum absolute atomic E-state index is 0.258. The topological polar surface area (TPSA) is 48.7 Å². The van der Waals surface area contributed by atoms with Gasteiger partial charge >= 0.3 is 0 Å². The number of thioether (sulfide) groups is 1. The zero-order chi connectivity index (χ0) is 12.3. The van der Waals surface area contributed by atoms with E-state index in [1.165, 1.54) is 18.6 Å². The molecule has 2 rings (SSSR count). The van der Waals surface area contributed by atoms with Crippen molar-refractivity contribution >= 4 is 29.2 Å². The van der Waals surface area contributed by atoms with Crippen molar-refractivity contribution in [2.24, 2.45) is 0 Å². The number of rotatable bonds is 3. The van der Waals surface area contributed by atoms with Gasteiger partial charge in [0.2, 0.25) is 0 Å². The number of nitrogens with zero attached hydrogens (tertiary/aromatic N) is 2. The lowest BCUT2D eigenvalue weighted by Crippen LogP contribution is -2.27. The van der Waals surface area contributed by atoms with E-state index in [-0.39, 0.29) is 4.75 Å². The molecule has 3 nitrogen and oxygen atoms in total. The Kier molecular flexibility index (Phi) is 3.80. The highest BCUT2D eigenvalue weighted by Crippen LogP contribution is 2.38. The van der Waals surface area contributed by atoms with E-state index in [4.69, 9.17) is 16.9 Å². The molecule has 1 saturated heterocycles. The molecule has 2 heterocycles. The van der Waals surface area contributed by atoms with Crippen molar-refractivity contribution in [1.29, 1.82) is 5.26 Å². The maximum atomic E-state index is 8.88. The number of halogens is 1. The lowest BCUT2D eigenvalue weighted by Gasteiger charge is -2.23. The van der Waals surface area contributed by atoms with Gasteiger partial charge in [0, 0.05) is 17.5 Å². The molecule has 1 aromatic rings. The Hall–Kier alpha value is -0.920. The van der Waals surface area contributed by atoms with Gasteiger partial charge in [0.15, 0.2) is 0 Å². The zero-order valence-corrected chi connectivity index (χ0v) is 11.2. The van der Waals surface area contributed by atoms with Crippen molar-refractivity contribution in [2.75, 3.05) is 17.6 Å². The van der Waals surface area contributed by atoms with Crippen LogP contribution in [0.3, 0.4) is 0 Å². The fraction of sp³-hybridized carbons (Fsp3) is 0.500. The number of anilines is 1. The second-order valence-electron chi connectivity index (χ2n) is 4.39. The minimum Gasteiger partial charge on any atom is -0.367 e. The smallest absolute Gasteiger partial charge is 0.146 e. The summed E-state index contributed by atoms with van der Waals surface area (Å²) in [7, 11) is 0. The molecule has 1 aliphatic rings. The van der Waals surface area contributed by atoms with Crippen molar-refractivity contribution in [1.82, 2.24) is 4.98 Å². The normalized spacial score (nSPS) is 23.4. The van der Waals surface area contributed by atoms with Gasteiger partial charge in [-0.15, -0.1) is 0 Å². The summed E-state index contributed by atoms with van der Waals surface area (Å²) >= 11 is 8.07. The van der Waals surface area contributed by atoms with Crippen molar-refractivity contribution in [3.05, 3.63) is 22.8 Å². The average Bonchev–Trinajstić information content (AvgIpc) is 2.75. The molecule has 90 valence electrons. The van der Waals surface area contributed by atoms with Crippen molar-refractivity contribution in [2.45, 2.75) is 24.5 Å². The van der Waals surface area contributed by atoms with Gasteiger partial charge in [0.1, 0.15) is 16.9 Å². The predicted octanol–water partition coefficient (Wildman–Crippen LogP) is 3.30. The number of pyridine rings is 1. The summed E-state index contributed by atoms with van der Waals surface area (Å²) in [6.45, 7) is 3.08. The Morgan fingerprint density at radius 3 is 3.18 bits per heavy atom. The molecule has 17 heavy (non-hydrogen) atoms. The van der Waals surface area contributed by atoms with E-state index in [0.717, 1.165) is 6.54 Å². The molecule has 5 heteroatoms. The van der Waals surface area contributed by atoms with E-state index in [1.807, 2.05) is 11.8 Å². The maximum absolute atomic E-state index is 8.88. The molecule has 1 fully saturated rings. The first kappa shape index (κ1) is 12.5. The monoisotopic (exact) mass is 267 g/mol. The predicted molar refractivity (Wildman–Crippen MR) is 72.5 cm³/mol. The van der Waals surface area contributed by atoms with Gasteiger partial charge in [-0.1, -0.05) is 11.6 Å². The first-order chi connectivity index (χ1) is 8.14. The molecule has 0 aromatic carbocycles. The number of hydrogen-bond acceptors (Lipinski definition) is 4. The quantitative estimate of drug-likeness (QED) is 0.913. The number of hydrogen-bond donors (Lipinski definition) is 1. The second kappa shape index (κ2) is 5.16. The summed E-state index contributed by atoms with van der Waals surface area (Å²) in [6.07, 6.45) is 4.08. The highest BCUT2D eigenvalue weighted by atomic mass is 35.5. The van der Waals surface area contributed by atoms with Crippen LogP contribution in [0.15, 0.2) is 12.3 Å². The summed E-state index contributed by atoms with van der Waals surface area (Å²) < 4.78 is 0.258. The molecule has 0 radical (unpaired) electrons. The van der Waals surface area contributed by atoms with E-state index in [0.29, 0.717) is 16.4 Å². The van der Waals surface area contributed by atoms with Crippen LogP contribution in [0.1, 0.15) is 25.3 Å².